The quantitative estimate of drug-likeness (QED) is 0.858. The molecule has 0 spiro atoms. The van der Waals surface area contributed by atoms with Crippen molar-refractivity contribution >= 4 is 33.5 Å². The van der Waals surface area contributed by atoms with Gasteiger partial charge < -0.3 is 4.74 Å². The molecular weight excluding hydrogens is 288 g/mol. The van der Waals surface area contributed by atoms with Gasteiger partial charge >= 0.3 is 0 Å². The number of benzene rings is 1. The summed E-state index contributed by atoms with van der Waals surface area (Å²) in [7, 11) is 1.65. The maximum atomic E-state index is 11.5. The predicted molar refractivity (Wildman–Crippen MR) is 70.2 cm³/mol. The monoisotopic (exact) mass is 300 g/mol. The predicted octanol–water partition coefficient (Wildman–Crippen LogP) is 2.93. The molecule has 0 saturated carbocycles. The second kappa shape index (κ2) is 5.23. The lowest BCUT2D eigenvalue weighted by molar-refractivity contribution is -0.119. The molecule has 1 atom stereocenters. The van der Waals surface area contributed by atoms with Crippen LogP contribution in [0, 0.1) is 5.92 Å². The Bertz CT molecular complexity index is 406. The zero-order chi connectivity index (χ0) is 11.5. The summed E-state index contributed by atoms with van der Waals surface area (Å²) in [6.07, 6.45) is 0.842. The Balaban J connectivity index is 2.10. The normalized spacial score (nSPS) is 20.1. The van der Waals surface area contributed by atoms with Gasteiger partial charge in [-0.15, -0.1) is 0 Å². The number of ketones is 1. The third-order valence-electron chi connectivity index (χ3n) is 2.72. The van der Waals surface area contributed by atoms with Crippen LogP contribution in [0.2, 0.25) is 0 Å². The number of carbonyl (C=O) groups is 1. The summed E-state index contributed by atoms with van der Waals surface area (Å²) in [5, 5.41) is 0. The Hall–Kier alpha value is -0.480. The van der Waals surface area contributed by atoms with Crippen molar-refractivity contribution in [1.29, 1.82) is 0 Å². The first-order valence-corrected chi connectivity index (χ1v) is 7.08. The summed E-state index contributed by atoms with van der Waals surface area (Å²) >= 11 is 5.19. The largest absolute Gasteiger partial charge is 0.496 e. The molecule has 86 valence electrons. The zero-order valence-electron chi connectivity index (χ0n) is 9.03. The molecule has 4 heteroatoms. The number of halogens is 1. The van der Waals surface area contributed by atoms with Crippen molar-refractivity contribution in [2.75, 3.05) is 18.6 Å². The van der Waals surface area contributed by atoms with Gasteiger partial charge in [0.05, 0.1) is 17.3 Å². The van der Waals surface area contributed by atoms with E-state index in [0.717, 1.165) is 22.4 Å². The Kier molecular flexibility index (Phi) is 3.92. The molecule has 1 fully saturated rings. The number of hydrogen-bond acceptors (Lipinski definition) is 3. The number of thioether (sulfide) groups is 1. The lowest BCUT2D eigenvalue weighted by Crippen LogP contribution is -2.13. The van der Waals surface area contributed by atoms with E-state index in [1.807, 2.05) is 18.2 Å². The van der Waals surface area contributed by atoms with E-state index < -0.39 is 0 Å². The van der Waals surface area contributed by atoms with Crippen molar-refractivity contribution in [2.24, 2.45) is 5.92 Å². The molecule has 1 saturated heterocycles. The van der Waals surface area contributed by atoms with Crippen molar-refractivity contribution in [3.8, 4) is 5.75 Å². The van der Waals surface area contributed by atoms with Gasteiger partial charge in [0, 0.05) is 11.7 Å². The summed E-state index contributed by atoms with van der Waals surface area (Å²) in [6.45, 7) is 0. The van der Waals surface area contributed by atoms with E-state index in [2.05, 4.69) is 15.9 Å². The smallest absolute Gasteiger partial charge is 0.146 e. The first-order chi connectivity index (χ1) is 7.70. The van der Waals surface area contributed by atoms with Crippen molar-refractivity contribution < 1.29 is 9.53 Å². The highest BCUT2D eigenvalue weighted by Crippen LogP contribution is 2.29. The molecule has 1 aliphatic heterocycles. The molecular formula is C12H13BrO2S. The number of methoxy groups -OCH3 is 1. The standard InChI is InChI=1S/C12H13BrO2S/c1-15-12-3-2-8(5-10(12)13)4-9-6-16-7-11(9)14/h2-3,5,9H,4,6-7H2,1H3. The second-order valence-electron chi connectivity index (χ2n) is 3.85. The van der Waals surface area contributed by atoms with Crippen LogP contribution in [0.3, 0.4) is 0 Å². The minimum atomic E-state index is 0.199. The van der Waals surface area contributed by atoms with Gasteiger partial charge in [0.2, 0.25) is 0 Å². The summed E-state index contributed by atoms with van der Waals surface area (Å²) in [4.78, 5) is 11.5. The minimum Gasteiger partial charge on any atom is -0.496 e. The molecule has 1 unspecified atom stereocenters. The molecule has 16 heavy (non-hydrogen) atoms. The molecule has 2 nitrogen and oxygen atoms in total. The molecule has 1 aromatic rings. The average Bonchev–Trinajstić information content (AvgIpc) is 2.65. The zero-order valence-corrected chi connectivity index (χ0v) is 11.4. The van der Waals surface area contributed by atoms with Gasteiger partial charge in [-0.05, 0) is 40.0 Å². The van der Waals surface area contributed by atoms with E-state index in [1.54, 1.807) is 18.9 Å². The van der Waals surface area contributed by atoms with E-state index in [9.17, 15) is 4.79 Å². The van der Waals surface area contributed by atoms with Gasteiger partial charge in [0.15, 0.2) is 0 Å². The van der Waals surface area contributed by atoms with Gasteiger partial charge in [-0.25, -0.2) is 0 Å². The minimum absolute atomic E-state index is 0.199. The van der Waals surface area contributed by atoms with Crippen molar-refractivity contribution in [1.82, 2.24) is 0 Å². The number of ether oxygens (including phenoxy) is 1. The molecule has 0 radical (unpaired) electrons. The average molecular weight is 301 g/mol. The van der Waals surface area contributed by atoms with Crippen LogP contribution in [-0.4, -0.2) is 24.4 Å². The first kappa shape index (κ1) is 12.0. The Morgan fingerprint density at radius 1 is 1.56 bits per heavy atom. The third kappa shape index (κ3) is 2.61. The topological polar surface area (TPSA) is 26.3 Å². The lowest BCUT2D eigenvalue weighted by Gasteiger charge is -2.09. The van der Waals surface area contributed by atoms with Gasteiger partial charge in [-0.3, -0.25) is 4.79 Å². The third-order valence-corrected chi connectivity index (χ3v) is 4.46. The van der Waals surface area contributed by atoms with E-state index >= 15 is 0 Å². The van der Waals surface area contributed by atoms with Gasteiger partial charge in [-0.2, -0.15) is 11.8 Å². The highest BCUT2D eigenvalue weighted by Gasteiger charge is 2.25. The number of rotatable bonds is 3. The Morgan fingerprint density at radius 3 is 2.94 bits per heavy atom. The van der Waals surface area contributed by atoms with Gasteiger partial charge in [0.25, 0.3) is 0 Å². The number of Topliss-reactive ketones (excluding diaryl/α,β-unsaturated/α-hetero) is 1. The highest BCUT2D eigenvalue weighted by molar-refractivity contribution is 9.10. The van der Waals surface area contributed by atoms with Gasteiger partial charge in [-0.1, -0.05) is 6.07 Å². The van der Waals surface area contributed by atoms with Crippen molar-refractivity contribution in [3.63, 3.8) is 0 Å². The molecule has 0 aromatic heterocycles. The number of hydrogen-bond donors (Lipinski definition) is 0. The van der Waals surface area contributed by atoms with Crippen LogP contribution in [0.1, 0.15) is 5.56 Å². The first-order valence-electron chi connectivity index (χ1n) is 5.13. The van der Waals surface area contributed by atoms with Crippen LogP contribution in [0.25, 0.3) is 0 Å². The number of carbonyl (C=O) groups excluding carboxylic acids is 1. The summed E-state index contributed by atoms with van der Waals surface area (Å²) < 4.78 is 6.12. The van der Waals surface area contributed by atoms with E-state index in [-0.39, 0.29) is 5.92 Å². The fraction of sp³-hybridized carbons (Fsp3) is 0.417. The summed E-state index contributed by atoms with van der Waals surface area (Å²) in [5.41, 5.74) is 1.19. The second-order valence-corrected chi connectivity index (χ2v) is 5.74. The fourth-order valence-electron chi connectivity index (χ4n) is 1.81. The summed E-state index contributed by atoms with van der Waals surface area (Å²) in [6, 6.07) is 6.00. The lowest BCUT2D eigenvalue weighted by atomic mass is 9.98. The highest BCUT2D eigenvalue weighted by atomic mass is 79.9. The maximum Gasteiger partial charge on any atom is 0.146 e. The molecule has 1 heterocycles. The maximum absolute atomic E-state index is 11.5. The molecule has 0 bridgehead atoms. The SMILES string of the molecule is COc1ccc(CC2CSCC2=O)cc1Br. The molecule has 1 aliphatic rings. The van der Waals surface area contributed by atoms with E-state index in [1.165, 1.54) is 5.56 Å². The fourth-order valence-corrected chi connectivity index (χ4v) is 3.54. The molecule has 2 rings (SSSR count). The molecule has 1 aromatic carbocycles. The van der Waals surface area contributed by atoms with Crippen LogP contribution in [-0.2, 0) is 11.2 Å². The summed E-state index contributed by atoms with van der Waals surface area (Å²) in [5.74, 6) is 3.06. The Labute approximate surface area is 108 Å². The van der Waals surface area contributed by atoms with Crippen LogP contribution in [0.5, 0.6) is 5.75 Å². The van der Waals surface area contributed by atoms with E-state index in [0.29, 0.717) is 11.5 Å². The van der Waals surface area contributed by atoms with Crippen LogP contribution >= 0.6 is 27.7 Å². The van der Waals surface area contributed by atoms with Crippen molar-refractivity contribution in [3.05, 3.63) is 28.2 Å². The van der Waals surface area contributed by atoms with Crippen LogP contribution < -0.4 is 4.74 Å². The molecule has 0 amide bonds. The molecule has 0 N–H and O–H groups in total. The van der Waals surface area contributed by atoms with Gasteiger partial charge in [0.1, 0.15) is 11.5 Å². The van der Waals surface area contributed by atoms with E-state index in [4.69, 9.17) is 4.74 Å². The molecule has 0 aliphatic carbocycles. The van der Waals surface area contributed by atoms with Crippen LogP contribution in [0.4, 0.5) is 0 Å². The Morgan fingerprint density at radius 2 is 2.38 bits per heavy atom. The van der Waals surface area contributed by atoms with Crippen LogP contribution in [0.15, 0.2) is 22.7 Å². The van der Waals surface area contributed by atoms with Crippen molar-refractivity contribution in [2.45, 2.75) is 6.42 Å².